The van der Waals surface area contributed by atoms with Crippen molar-refractivity contribution in [1.29, 1.82) is 0 Å². The summed E-state index contributed by atoms with van der Waals surface area (Å²) < 4.78 is 30.0. The zero-order valence-corrected chi connectivity index (χ0v) is 14.7. The number of nitrogens with zero attached hydrogens (tertiary/aromatic N) is 1. The summed E-state index contributed by atoms with van der Waals surface area (Å²) in [5, 5.41) is 7.40. The van der Waals surface area contributed by atoms with Gasteiger partial charge in [0.2, 0.25) is 10.0 Å². The maximum atomic E-state index is 11.2. The third-order valence-electron chi connectivity index (χ3n) is 3.72. The van der Waals surface area contributed by atoms with Crippen molar-refractivity contribution in [3.63, 3.8) is 0 Å². The molecule has 1 heterocycles. The van der Waals surface area contributed by atoms with Gasteiger partial charge < -0.3 is 9.84 Å². The molecule has 0 saturated carbocycles. The van der Waals surface area contributed by atoms with Crippen LogP contribution in [0, 0.1) is 13.8 Å². The Bertz CT molecular complexity index is 732. The Balaban J connectivity index is 1.89. The zero-order chi connectivity index (χ0) is 17.0. The van der Waals surface area contributed by atoms with Gasteiger partial charge in [-0.15, -0.1) is 0 Å². The average Bonchev–Trinajstić information content (AvgIpc) is 2.78. The van der Waals surface area contributed by atoms with Gasteiger partial charge in [0.15, 0.2) is 0 Å². The first-order valence-electron chi connectivity index (χ1n) is 7.49. The normalized spacial score (nSPS) is 13.0. The second-order valence-corrected chi connectivity index (χ2v) is 7.47. The molecule has 2 aromatic rings. The van der Waals surface area contributed by atoms with E-state index in [1.807, 2.05) is 26.0 Å². The molecule has 0 aliphatic heterocycles. The van der Waals surface area contributed by atoms with Gasteiger partial charge in [-0.25, -0.2) is 8.42 Å². The molecule has 1 unspecified atom stereocenters. The lowest BCUT2D eigenvalue weighted by molar-refractivity contribution is 0.392. The average molecular weight is 337 g/mol. The fourth-order valence-corrected chi connectivity index (χ4v) is 3.01. The van der Waals surface area contributed by atoms with E-state index in [1.165, 1.54) is 0 Å². The van der Waals surface area contributed by atoms with E-state index in [-0.39, 0.29) is 6.04 Å². The van der Waals surface area contributed by atoms with Gasteiger partial charge >= 0.3 is 0 Å². The number of benzene rings is 1. The van der Waals surface area contributed by atoms with Crippen LogP contribution in [-0.2, 0) is 16.4 Å². The third kappa shape index (κ3) is 5.07. The molecular weight excluding hydrogens is 314 g/mol. The first-order valence-corrected chi connectivity index (χ1v) is 9.38. The van der Waals surface area contributed by atoms with Gasteiger partial charge in [0.05, 0.1) is 11.9 Å². The number of aryl methyl sites for hydroxylation is 2. The van der Waals surface area contributed by atoms with E-state index in [4.69, 9.17) is 4.52 Å². The Labute approximate surface area is 137 Å². The number of anilines is 1. The van der Waals surface area contributed by atoms with E-state index < -0.39 is 10.0 Å². The summed E-state index contributed by atoms with van der Waals surface area (Å²) in [5.74, 6) is 0.869. The predicted molar refractivity (Wildman–Crippen MR) is 91.0 cm³/mol. The molecule has 0 radical (unpaired) electrons. The van der Waals surface area contributed by atoms with E-state index in [1.54, 1.807) is 12.1 Å². The van der Waals surface area contributed by atoms with Crippen LogP contribution in [-0.4, -0.2) is 26.4 Å². The summed E-state index contributed by atoms with van der Waals surface area (Å²) in [6.45, 7) is 6.76. The molecule has 0 saturated heterocycles. The second kappa shape index (κ2) is 7.14. The molecule has 0 aliphatic carbocycles. The standard InChI is InChI=1S/C16H23N3O3S/c1-11(17-10-9-16-12(2)18-22-13(16)3)14-5-7-15(8-6-14)19-23(4,20)21/h5-8,11,17,19H,9-10H2,1-4H3. The summed E-state index contributed by atoms with van der Waals surface area (Å²) in [6, 6.07) is 7.54. The van der Waals surface area contributed by atoms with E-state index >= 15 is 0 Å². The van der Waals surface area contributed by atoms with Crippen LogP contribution in [0.3, 0.4) is 0 Å². The summed E-state index contributed by atoms with van der Waals surface area (Å²) in [5.41, 5.74) is 3.76. The van der Waals surface area contributed by atoms with Gasteiger partial charge in [-0.2, -0.15) is 0 Å². The molecular formula is C16H23N3O3S. The van der Waals surface area contributed by atoms with Crippen molar-refractivity contribution in [1.82, 2.24) is 10.5 Å². The molecule has 0 bridgehead atoms. The molecule has 126 valence electrons. The highest BCUT2D eigenvalue weighted by molar-refractivity contribution is 7.92. The lowest BCUT2D eigenvalue weighted by atomic mass is 10.1. The Morgan fingerprint density at radius 2 is 1.87 bits per heavy atom. The van der Waals surface area contributed by atoms with Crippen LogP contribution in [0.15, 0.2) is 28.8 Å². The molecule has 1 aromatic heterocycles. The van der Waals surface area contributed by atoms with Crippen LogP contribution in [0.1, 0.15) is 35.5 Å². The summed E-state index contributed by atoms with van der Waals surface area (Å²) in [4.78, 5) is 0. The van der Waals surface area contributed by atoms with Crippen LogP contribution in [0.5, 0.6) is 0 Å². The van der Waals surface area contributed by atoms with Crippen molar-refractivity contribution >= 4 is 15.7 Å². The minimum absolute atomic E-state index is 0.169. The zero-order valence-electron chi connectivity index (χ0n) is 13.9. The van der Waals surface area contributed by atoms with Gasteiger partial charge in [0.25, 0.3) is 0 Å². The van der Waals surface area contributed by atoms with Crippen molar-refractivity contribution in [2.24, 2.45) is 0 Å². The fraction of sp³-hybridized carbons (Fsp3) is 0.438. The largest absolute Gasteiger partial charge is 0.361 e. The van der Waals surface area contributed by atoms with Crippen molar-refractivity contribution in [3.05, 3.63) is 46.8 Å². The topological polar surface area (TPSA) is 84.2 Å². The van der Waals surface area contributed by atoms with Crippen LogP contribution >= 0.6 is 0 Å². The Morgan fingerprint density at radius 3 is 2.39 bits per heavy atom. The van der Waals surface area contributed by atoms with Crippen molar-refractivity contribution in [2.75, 3.05) is 17.5 Å². The van der Waals surface area contributed by atoms with Gasteiger partial charge in [-0.3, -0.25) is 4.72 Å². The van der Waals surface area contributed by atoms with Crippen LogP contribution in [0.25, 0.3) is 0 Å². The van der Waals surface area contributed by atoms with Crippen molar-refractivity contribution < 1.29 is 12.9 Å². The maximum absolute atomic E-state index is 11.2. The first-order chi connectivity index (χ1) is 10.8. The molecule has 0 fully saturated rings. The smallest absolute Gasteiger partial charge is 0.229 e. The highest BCUT2D eigenvalue weighted by atomic mass is 32.2. The monoisotopic (exact) mass is 337 g/mol. The molecule has 1 atom stereocenters. The van der Waals surface area contributed by atoms with Crippen LogP contribution in [0.2, 0.25) is 0 Å². The van der Waals surface area contributed by atoms with E-state index in [9.17, 15) is 8.42 Å². The Morgan fingerprint density at radius 1 is 1.22 bits per heavy atom. The Hall–Kier alpha value is -1.86. The Kier molecular flexibility index (Phi) is 5.43. The van der Waals surface area contributed by atoms with E-state index in [0.29, 0.717) is 5.69 Å². The minimum Gasteiger partial charge on any atom is -0.361 e. The molecule has 6 nitrogen and oxygen atoms in total. The summed E-state index contributed by atoms with van der Waals surface area (Å²) in [7, 11) is -3.24. The van der Waals surface area contributed by atoms with E-state index in [0.717, 1.165) is 41.8 Å². The number of hydrogen-bond donors (Lipinski definition) is 2. The summed E-state index contributed by atoms with van der Waals surface area (Å²) in [6.07, 6.45) is 2.00. The molecule has 1 aromatic carbocycles. The van der Waals surface area contributed by atoms with Gasteiger partial charge in [-0.1, -0.05) is 17.3 Å². The third-order valence-corrected chi connectivity index (χ3v) is 4.33. The minimum atomic E-state index is -3.24. The van der Waals surface area contributed by atoms with Crippen molar-refractivity contribution in [2.45, 2.75) is 33.2 Å². The van der Waals surface area contributed by atoms with Gasteiger partial charge in [0, 0.05) is 17.3 Å². The lowest BCUT2D eigenvalue weighted by Gasteiger charge is -2.15. The lowest BCUT2D eigenvalue weighted by Crippen LogP contribution is -2.21. The van der Waals surface area contributed by atoms with Gasteiger partial charge in [-0.05, 0) is 51.4 Å². The van der Waals surface area contributed by atoms with Crippen molar-refractivity contribution in [3.8, 4) is 0 Å². The van der Waals surface area contributed by atoms with Crippen LogP contribution in [0.4, 0.5) is 5.69 Å². The SMILES string of the molecule is Cc1noc(C)c1CCNC(C)c1ccc(NS(C)(=O)=O)cc1. The first kappa shape index (κ1) is 17.5. The maximum Gasteiger partial charge on any atom is 0.229 e. The van der Waals surface area contributed by atoms with Crippen LogP contribution < -0.4 is 10.0 Å². The highest BCUT2D eigenvalue weighted by Crippen LogP contribution is 2.17. The number of sulfonamides is 1. The predicted octanol–water partition coefficient (Wildman–Crippen LogP) is 2.56. The number of hydrogen-bond acceptors (Lipinski definition) is 5. The molecule has 0 amide bonds. The second-order valence-electron chi connectivity index (χ2n) is 5.72. The number of rotatable bonds is 7. The quantitative estimate of drug-likeness (QED) is 0.811. The molecule has 0 aliphatic rings. The fourth-order valence-electron chi connectivity index (χ4n) is 2.44. The molecule has 23 heavy (non-hydrogen) atoms. The van der Waals surface area contributed by atoms with E-state index in [2.05, 4.69) is 22.1 Å². The molecule has 0 spiro atoms. The number of aromatic nitrogens is 1. The summed E-state index contributed by atoms with van der Waals surface area (Å²) >= 11 is 0. The molecule has 2 N–H and O–H groups in total. The van der Waals surface area contributed by atoms with Gasteiger partial charge in [0.1, 0.15) is 5.76 Å². The highest BCUT2D eigenvalue weighted by Gasteiger charge is 2.10. The number of nitrogens with one attached hydrogen (secondary N) is 2. The molecule has 7 heteroatoms. The molecule has 2 rings (SSSR count).